The minimum Gasteiger partial charge on any atom is -0.456 e. The van der Waals surface area contributed by atoms with Crippen molar-refractivity contribution in [1.82, 2.24) is 15.0 Å². The van der Waals surface area contributed by atoms with Crippen molar-refractivity contribution in [1.29, 1.82) is 0 Å². The molecule has 0 amide bonds. The Balaban J connectivity index is 1.06. The van der Waals surface area contributed by atoms with Crippen LogP contribution in [-0.4, -0.2) is 15.0 Å². The van der Waals surface area contributed by atoms with Gasteiger partial charge in [-0.25, -0.2) is 15.0 Å². The summed E-state index contributed by atoms with van der Waals surface area (Å²) in [5.41, 5.74) is 14.0. The molecule has 55 heavy (non-hydrogen) atoms. The quantitative estimate of drug-likeness (QED) is 0.166. The van der Waals surface area contributed by atoms with Gasteiger partial charge in [-0.05, 0) is 93.8 Å². The van der Waals surface area contributed by atoms with E-state index < -0.39 is 0 Å². The molecule has 9 aromatic rings. The van der Waals surface area contributed by atoms with Crippen LogP contribution in [0.25, 0.3) is 95.1 Å². The molecule has 4 nitrogen and oxygen atoms in total. The van der Waals surface area contributed by atoms with E-state index in [2.05, 4.69) is 115 Å². The van der Waals surface area contributed by atoms with Gasteiger partial charge in [-0.15, -0.1) is 0 Å². The van der Waals surface area contributed by atoms with E-state index in [0.717, 1.165) is 62.6 Å². The molecule has 4 heteroatoms. The first-order valence-corrected chi connectivity index (χ1v) is 18.7. The van der Waals surface area contributed by atoms with Gasteiger partial charge in [-0.2, -0.15) is 0 Å². The SMILES string of the molecule is C1=CC(c2cc(-c3ccccc3)cc(-c3ccc(-c4ccc5oc6cccc(-c7nc(-c8ccccc8)nc(-c8ccccc8)n7)c6c5c4)cc3)c2)=CCC1. The Morgan fingerprint density at radius 1 is 0.382 bits per heavy atom. The van der Waals surface area contributed by atoms with Gasteiger partial charge in [0.1, 0.15) is 11.2 Å². The van der Waals surface area contributed by atoms with Gasteiger partial charge in [-0.3, -0.25) is 0 Å². The summed E-state index contributed by atoms with van der Waals surface area (Å²) < 4.78 is 6.44. The Morgan fingerprint density at radius 3 is 1.55 bits per heavy atom. The van der Waals surface area contributed by atoms with Crippen molar-refractivity contribution >= 4 is 27.5 Å². The standard InChI is InChI=1S/C51H35N3O/c1-5-14-34(15-6-1)41-30-42(35-16-7-2-8-17-35)32-43(31-41)37-26-24-36(25-27-37)40-28-29-46-45(33-40)48-44(22-13-23-47(48)55-46)51-53-49(38-18-9-3-10-19-38)52-50(54-51)39-20-11-4-12-21-39/h1,3-7,9-33H,2,8H2. The highest BCUT2D eigenvalue weighted by Crippen LogP contribution is 2.39. The molecule has 0 N–H and O–H groups in total. The van der Waals surface area contributed by atoms with Gasteiger partial charge >= 0.3 is 0 Å². The fourth-order valence-electron chi connectivity index (χ4n) is 7.56. The normalized spacial score (nSPS) is 12.6. The molecule has 260 valence electrons. The fourth-order valence-corrected chi connectivity index (χ4v) is 7.56. The summed E-state index contributed by atoms with van der Waals surface area (Å²) in [5, 5.41) is 2.00. The zero-order valence-electron chi connectivity index (χ0n) is 30.1. The molecule has 0 unspecified atom stereocenters. The highest BCUT2D eigenvalue weighted by molar-refractivity contribution is 6.12. The molecule has 0 saturated carbocycles. The lowest BCUT2D eigenvalue weighted by atomic mass is 9.91. The van der Waals surface area contributed by atoms with E-state index >= 15 is 0 Å². The Hall–Kier alpha value is -7.17. The lowest BCUT2D eigenvalue weighted by Gasteiger charge is -2.14. The topological polar surface area (TPSA) is 51.8 Å². The number of allylic oxidation sites excluding steroid dienone is 4. The highest BCUT2D eigenvalue weighted by Gasteiger charge is 2.18. The van der Waals surface area contributed by atoms with Gasteiger partial charge in [0.05, 0.1) is 0 Å². The molecule has 0 fully saturated rings. The lowest BCUT2D eigenvalue weighted by Crippen LogP contribution is -2.00. The molecule has 0 aliphatic heterocycles. The second-order valence-electron chi connectivity index (χ2n) is 13.9. The predicted molar refractivity (Wildman–Crippen MR) is 226 cm³/mol. The summed E-state index contributed by atoms with van der Waals surface area (Å²) in [6, 6.07) is 59.2. The van der Waals surface area contributed by atoms with E-state index in [0.29, 0.717) is 17.5 Å². The first-order chi connectivity index (χ1) is 27.2. The van der Waals surface area contributed by atoms with Gasteiger partial charge in [0, 0.05) is 27.5 Å². The van der Waals surface area contributed by atoms with Gasteiger partial charge < -0.3 is 4.42 Å². The van der Waals surface area contributed by atoms with E-state index in [1.54, 1.807) is 0 Å². The molecule has 0 bridgehead atoms. The van der Waals surface area contributed by atoms with Crippen molar-refractivity contribution in [2.75, 3.05) is 0 Å². The van der Waals surface area contributed by atoms with Gasteiger partial charge in [0.15, 0.2) is 17.5 Å². The van der Waals surface area contributed by atoms with E-state index in [1.165, 1.54) is 33.4 Å². The maximum atomic E-state index is 6.44. The Morgan fingerprint density at radius 2 is 0.927 bits per heavy atom. The van der Waals surface area contributed by atoms with Gasteiger partial charge in [0.2, 0.25) is 0 Å². The molecule has 10 rings (SSSR count). The summed E-state index contributed by atoms with van der Waals surface area (Å²) in [6.07, 6.45) is 9.05. The number of furan rings is 1. The third-order valence-corrected chi connectivity index (χ3v) is 10.4. The summed E-state index contributed by atoms with van der Waals surface area (Å²) in [4.78, 5) is 15.0. The zero-order chi connectivity index (χ0) is 36.6. The van der Waals surface area contributed by atoms with Crippen molar-refractivity contribution in [2.24, 2.45) is 0 Å². The first-order valence-electron chi connectivity index (χ1n) is 18.7. The third-order valence-electron chi connectivity index (χ3n) is 10.4. The number of aromatic nitrogens is 3. The van der Waals surface area contributed by atoms with Crippen LogP contribution in [0.15, 0.2) is 193 Å². The maximum Gasteiger partial charge on any atom is 0.164 e. The molecular weight excluding hydrogens is 671 g/mol. The minimum atomic E-state index is 0.604. The van der Waals surface area contributed by atoms with Crippen LogP contribution in [-0.2, 0) is 0 Å². The molecule has 0 saturated heterocycles. The molecule has 7 aromatic carbocycles. The average Bonchev–Trinajstić information content (AvgIpc) is 3.66. The number of hydrogen-bond donors (Lipinski definition) is 0. The van der Waals surface area contributed by atoms with Crippen LogP contribution in [0.1, 0.15) is 18.4 Å². The largest absolute Gasteiger partial charge is 0.456 e. The van der Waals surface area contributed by atoms with Crippen LogP contribution >= 0.6 is 0 Å². The lowest BCUT2D eigenvalue weighted by molar-refractivity contribution is 0.669. The van der Waals surface area contributed by atoms with Crippen LogP contribution in [0.4, 0.5) is 0 Å². The van der Waals surface area contributed by atoms with Crippen LogP contribution in [0, 0.1) is 0 Å². The van der Waals surface area contributed by atoms with Crippen LogP contribution in [0.5, 0.6) is 0 Å². The number of fused-ring (bicyclic) bond motifs is 3. The van der Waals surface area contributed by atoms with E-state index in [9.17, 15) is 0 Å². The molecule has 2 heterocycles. The van der Waals surface area contributed by atoms with Crippen molar-refractivity contribution < 1.29 is 4.42 Å². The average molecular weight is 706 g/mol. The van der Waals surface area contributed by atoms with Gasteiger partial charge in [-0.1, -0.05) is 152 Å². The van der Waals surface area contributed by atoms with E-state index in [-0.39, 0.29) is 0 Å². The monoisotopic (exact) mass is 705 g/mol. The first kappa shape index (κ1) is 32.5. The molecular formula is C51H35N3O. The number of rotatable bonds is 7. The number of nitrogens with zero attached hydrogens (tertiary/aromatic N) is 3. The Labute approximate surface area is 319 Å². The minimum absolute atomic E-state index is 0.604. The Bertz CT molecular complexity index is 2830. The van der Waals surface area contributed by atoms with Crippen LogP contribution in [0.3, 0.4) is 0 Å². The zero-order valence-corrected chi connectivity index (χ0v) is 30.1. The fraction of sp³-hybridized carbons (Fsp3) is 0.0392. The number of benzene rings is 7. The molecule has 0 atom stereocenters. The van der Waals surface area contributed by atoms with Crippen molar-refractivity contribution in [2.45, 2.75) is 12.8 Å². The summed E-state index contributed by atoms with van der Waals surface area (Å²) in [7, 11) is 0. The molecule has 0 radical (unpaired) electrons. The molecule has 1 aliphatic rings. The van der Waals surface area contributed by atoms with Crippen molar-refractivity contribution in [3.05, 3.63) is 194 Å². The smallest absolute Gasteiger partial charge is 0.164 e. The van der Waals surface area contributed by atoms with Crippen molar-refractivity contribution in [3.8, 4) is 67.5 Å². The molecule has 2 aromatic heterocycles. The molecule has 0 spiro atoms. The van der Waals surface area contributed by atoms with Gasteiger partial charge in [0.25, 0.3) is 0 Å². The number of hydrogen-bond acceptors (Lipinski definition) is 4. The second kappa shape index (κ2) is 14.0. The molecule has 1 aliphatic carbocycles. The second-order valence-corrected chi connectivity index (χ2v) is 13.9. The van der Waals surface area contributed by atoms with Crippen LogP contribution < -0.4 is 0 Å². The predicted octanol–water partition coefficient (Wildman–Crippen LogP) is 13.5. The summed E-state index contributed by atoms with van der Waals surface area (Å²) in [6.45, 7) is 0. The Kier molecular flexibility index (Phi) is 8.27. The third kappa shape index (κ3) is 6.34. The summed E-state index contributed by atoms with van der Waals surface area (Å²) in [5.74, 6) is 1.86. The summed E-state index contributed by atoms with van der Waals surface area (Å²) >= 11 is 0. The van der Waals surface area contributed by atoms with Crippen LogP contribution in [0.2, 0.25) is 0 Å². The van der Waals surface area contributed by atoms with E-state index in [1.807, 2.05) is 72.8 Å². The highest BCUT2D eigenvalue weighted by atomic mass is 16.3. The maximum absolute atomic E-state index is 6.44. The van der Waals surface area contributed by atoms with Crippen molar-refractivity contribution in [3.63, 3.8) is 0 Å². The van der Waals surface area contributed by atoms with E-state index in [4.69, 9.17) is 19.4 Å².